The lowest BCUT2D eigenvalue weighted by Gasteiger charge is -2.18. The molecule has 0 fully saturated rings. The van der Waals surface area contributed by atoms with Crippen molar-refractivity contribution in [3.05, 3.63) is 86.1 Å². The zero-order chi connectivity index (χ0) is 20.1. The summed E-state index contributed by atoms with van der Waals surface area (Å²) >= 11 is 15.8. The molecule has 0 bridgehead atoms. The fourth-order valence-corrected chi connectivity index (χ4v) is 3.55. The van der Waals surface area contributed by atoms with Crippen molar-refractivity contribution in [3.63, 3.8) is 0 Å². The maximum Gasteiger partial charge on any atom is 0.167 e. The number of halogens is 4. The quantitative estimate of drug-likeness (QED) is 0.388. The van der Waals surface area contributed by atoms with E-state index >= 15 is 0 Å². The van der Waals surface area contributed by atoms with E-state index in [2.05, 4.69) is 21.2 Å². The number of benzene rings is 3. The minimum absolute atomic E-state index is 0.280. The highest BCUT2D eigenvalue weighted by Crippen LogP contribution is 2.38. The van der Waals surface area contributed by atoms with Gasteiger partial charge in [-0.05, 0) is 48.0 Å². The van der Waals surface area contributed by atoms with E-state index in [9.17, 15) is 4.39 Å². The van der Waals surface area contributed by atoms with E-state index in [1.165, 1.54) is 12.1 Å². The first-order valence-electron chi connectivity index (χ1n) is 8.39. The molecule has 1 N–H and O–H groups in total. The van der Waals surface area contributed by atoms with Crippen molar-refractivity contribution < 1.29 is 13.9 Å². The Balaban J connectivity index is 1.83. The zero-order valence-corrected chi connectivity index (χ0v) is 18.0. The van der Waals surface area contributed by atoms with Crippen LogP contribution in [-0.2, 0) is 13.2 Å². The van der Waals surface area contributed by atoms with Crippen molar-refractivity contribution in [3.8, 4) is 11.5 Å². The van der Waals surface area contributed by atoms with Gasteiger partial charge < -0.3 is 14.8 Å². The summed E-state index contributed by atoms with van der Waals surface area (Å²) in [6.07, 6.45) is 0. The molecule has 0 radical (unpaired) electrons. The summed E-state index contributed by atoms with van der Waals surface area (Å²) in [5.74, 6) is 0.914. The third-order valence-electron chi connectivity index (χ3n) is 4.07. The van der Waals surface area contributed by atoms with Gasteiger partial charge in [-0.3, -0.25) is 0 Å². The Morgan fingerprint density at radius 1 is 1.04 bits per heavy atom. The molecule has 0 saturated carbocycles. The first kappa shape index (κ1) is 20.8. The van der Waals surface area contributed by atoms with Crippen molar-refractivity contribution in [2.75, 3.05) is 12.4 Å². The van der Waals surface area contributed by atoms with Gasteiger partial charge in [-0.25, -0.2) is 4.39 Å². The van der Waals surface area contributed by atoms with Crippen molar-refractivity contribution in [2.24, 2.45) is 0 Å². The maximum absolute atomic E-state index is 13.1. The number of ether oxygens (including phenoxy) is 2. The lowest BCUT2D eigenvalue weighted by molar-refractivity contribution is 0.281. The molecule has 0 aliphatic heterocycles. The van der Waals surface area contributed by atoms with Crippen LogP contribution in [0.25, 0.3) is 0 Å². The van der Waals surface area contributed by atoms with Gasteiger partial charge in [0.2, 0.25) is 0 Å². The van der Waals surface area contributed by atoms with Crippen molar-refractivity contribution >= 4 is 44.8 Å². The van der Waals surface area contributed by atoms with Gasteiger partial charge in [-0.1, -0.05) is 51.3 Å². The van der Waals surface area contributed by atoms with E-state index in [0.29, 0.717) is 28.1 Å². The third-order valence-corrected chi connectivity index (χ3v) is 5.36. The molecule has 7 heteroatoms. The van der Waals surface area contributed by atoms with E-state index in [0.717, 1.165) is 21.3 Å². The Labute approximate surface area is 181 Å². The molecule has 0 spiro atoms. The average molecular weight is 485 g/mol. The molecular weight excluding hydrogens is 468 g/mol. The molecule has 3 aromatic rings. The summed E-state index contributed by atoms with van der Waals surface area (Å²) in [7, 11) is 1.58. The second kappa shape index (κ2) is 9.50. The first-order valence-corrected chi connectivity index (χ1v) is 9.94. The molecular formula is C21H17BrCl2FNO2. The van der Waals surface area contributed by atoms with Gasteiger partial charge in [0.15, 0.2) is 11.5 Å². The van der Waals surface area contributed by atoms with Gasteiger partial charge in [0.05, 0.1) is 17.8 Å². The minimum Gasteiger partial charge on any atom is -0.493 e. The number of hydrogen-bond acceptors (Lipinski definition) is 3. The molecule has 0 aliphatic rings. The Hall–Kier alpha value is -1.95. The summed E-state index contributed by atoms with van der Waals surface area (Å²) in [4.78, 5) is 0. The summed E-state index contributed by atoms with van der Waals surface area (Å²) < 4.78 is 25.5. The Morgan fingerprint density at radius 2 is 1.79 bits per heavy atom. The third kappa shape index (κ3) is 5.10. The van der Waals surface area contributed by atoms with Crippen LogP contribution in [0.5, 0.6) is 11.5 Å². The molecule has 0 amide bonds. The molecule has 0 aromatic heterocycles. The number of hydrogen-bond donors (Lipinski definition) is 1. The highest BCUT2D eigenvalue weighted by Gasteiger charge is 2.15. The summed E-state index contributed by atoms with van der Waals surface area (Å²) in [5.41, 5.74) is 2.47. The fourth-order valence-electron chi connectivity index (χ4n) is 2.62. The van der Waals surface area contributed by atoms with Crippen LogP contribution in [0.2, 0.25) is 10.0 Å². The van der Waals surface area contributed by atoms with Gasteiger partial charge >= 0.3 is 0 Å². The van der Waals surface area contributed by atoms with Crippen LogP contribution >= 0.6 is 39.1 Å². The first-order chi connectivity index (χ1) is 13.5. The molecule has 146 valence electrons. The van der Waals surface area contributed by atoms with Crippen molar-refractivity contribution in [1.82, 2.24) is 0 Å². The van der Waals surface area contributed by atoms with Crippen molar-refractivity contribution in [2.45, 2.75) is 13.2 Å². The van der Waals surface area contributed by atoms with Crippen LogP contribution in [0.4, 0.5) is 10.1 Å². The molecule has 0 heterocycles. The SMILES string of the molecule is COc1ccc(Br)c(CNc2ccc(Cl)cc2Cl)c1OCc1ccc(F)cc1. The van der Waals surface area contributed by atoms with Gasteiger partial charge in [-0.2, -0.15) is 0 Å². The summed E-state index contributed by atoms with van der Waals surface area (Å²) in [6.45, 7) is 0.722. The molecule has 0 atom stereocenters. The molecule has 0 unspecified atom stereocenters. The molecule has 0 saturated heterocycles. The lowest BCUT2D eigenvalue weighted by Crippen LogP contribution is -2.06. The number of rotatable bonds is 7. The smallest absolute Gasteiger partial charge is 0.167 e. The minimum atomic E-state index is -0.284. The van der Waals surface area contributed by atoms with Crippen LogP contribution in [0.3, 0.4) is 0 Å². The second-order valence-corrected chi connectivity index (χ2v) is 7.65. The van der Waals surface area contributed by atoms with E-state index < -0.39 is 0 Å². The van der Waals surface area contributed by atoms with Gasteiger partial charge in [0, 0.05) is 21.6 Å². The predicted molar refractivity (Wildman–Crippen MR) is 115 cm³/mol. The second-order valence-electron chi connectivity index (χ2n) is 5.95. The van der Waals surface area contributed by atoms with Gasteiger partial charge in [0.1, 0.15) is 12.4 Å². The standard InChI is InChI=1S/C21H17BrCl2FNO2/c1-27-20-9-7-17(22)16(11-26-19-8-4-14(23)10-18(19)24)21(20)28-12-13-2-5-15(25)6-3-13/h2-10,26H,11-12H2,1H3. The van der Waals surface area contributed by atoms with Crippen LogP contribution in [-0.4, -0.2) is 7.11 Å². The summed E-state index contributed by atoms with van der Waals surface area (Å²) in [6, 6.07) is 15.2. The van der Waals surface area contributed by atoms with E-state index in [4.69, 9.17) is 32.7 Å². The number of nitrogens with one attached hydrogen (secondary N) is 1. The fraction of sp³-hybridized carbons (Fsp3) is 0.143. The molecule has 0 aliphatic carbocycles. The topological polar surface area (TPSA) is 30.5 Å². The van der Waals surface area contributed by atoms with E-state index in [1.54, 1.807) is 31.4 Å². The van der Waals surface area contributed by atoms with Gasteiger partial charge in [0.25, 0.3) is 0 Å². The molecule has 3 rings (SSSR count). The normalized spacial score (nSPS) is 10.6. The molecule has 3 nitrogen and oxygen atoms in total. The van der Waals surface area contributed by atoms with Crippen LogP contribution in [0.1, 0.15) is 11.1 Å². The Bertz CT molecular complexity index is 967. The average Bonchev–Trinajstić information content (AvgIpc) is 2.68. The van der Waals surface area contributed by atoms with E-state index in [-0.39, 0.29) is 12.4 Å². The van der Waals surface area contributed by atoms with Crippen LogP contribution in [0, 0.1) is 5.82 Å². The molecule has 28 heavy (non-hydrogen) atoms. The highest BCUT2D eigenvalue weighted by molar-refractivity contribution is 9.10. The number of anilines is 1. The van der Waals surface area contributed by atoms with Crippen molar-refractivity contribution in [1.29, 1.82) is 0 Å². The largest absolute Gasteiger partial charge is 0.493 e. The predicted octanol–water partition coefficient (Wildman–Crippen LogP) is 7.09. The molecule has 3 aromatic carbocycles. The number of methoxy groups -OCH3 is 1. The van der Waals surface area contributed by atoms with E-state index in [1.807, 2.05) is 18.2 Å². The zero-order valence-electron chi connectivity index (χ0n) is 14.9. The van der Waals surface area contributed by atoms with Crippen LogP contribution in [0.15, 0.2) is 59.1 Å². The van der Waals surface area contributed by atoms with Crippen LogP contribution < -0.4 is 14.8 Å². The maximum atomic E-state index is 13.1. The summed E-state index contributed by atoms with van der Waals surface area (Å²) in [5, 5.41) is 4.39. The Morgan fingerprint density at radius 3 is 2.46 bits per heavy atom. The Kier molecular flexibility index (Phi) is 7.05. The van der Waals surface area contributed by atoms with Gasteiger partial charge in [-0.15, -0.1) is 0 Å². The highest BCUT2D eigenvalue weighted by atomic mass is 79.9. The lowest BCUT2D eigenvalue weighted by atomic mass is 10.1. The monoisotopic (exact) mass is 483 g/mol.